The molecule has 1 aromatic rings. The molecule has 1 unspecified atom stereocenters. The van der Waals surface area contributed by atoms with Crippen LogP contribution in [0.5, 0.6) is 0 Å². The van der Waals surface area contributed by atoms with Gasteiger partial charge in [-0.15, -0.1) is 0 Å². The molecule has 5 nitrogen and oxygen atoms in total. The van der Waals surface area contributed by atoms with Gasteiger partial charge in [-0.25, -0.2) is 0 Å². The van der Waals surface area contributed by atoms with Crippen LogP contribution in [0.2, 0.25) is 0 Å². The number of carbonyl (C=O) groups is 2. The third-order valence-electron chi connectivity index (χ3n) is 2.83. The summed E-state index contributed by atoms with van der Waals surface area (Å²) >= 11 is 0. The van der Waals surface area contributed by atoms with E-state index in [0.29, 0.717) is 25.1 Å². The average molecular weight is 236 g/mol. The van der Waals surface area contributed by atoms with Gasteiger partial charge in [-0.05, 0) is 18.6 Å². The second kappa shape index (κ2) is 5.03. The van der Waals surface area contributed by atoms with Crippen molar-refractivity contribution in [3.8, 4) is 0 Å². The third-order valence-corrected chi connectivity index (χ3v) is 2.83. The fraction of sp³-hybridized carbons (Fsp3) is 0.500. The van der Waals surface area contributed by atoms with E-state index in [-0.39, 0.29) is 17.9 Å². The van der Waals surface area contributed by atoms with Gasteiger partial charge >= 0.3 is 0 Å². The Labute approximate surface area is 99.6 Å². The first-order chi connectivity index (χ1) is 8.19. The Bertz CT molecular complexity index is 415. The summed E-state index contributed by atoms with van der Waals surface area (Å²) < 4.78 is 5.36. The molecule has 0 radical (unpaired) electrons. The van der Waals surface area contributed by atoms with Crippen LogP contribution >= 0.6 is 0 Å². The van der Waals surface area contributed by atoms with Gasteiger partial charge in [0.1, 0.15) is 5.76 Å². The van der Waals surface area contributed by atoms with Crippen LogP contribution < -0.4 is 10.6 Å². The van der Waals surface area contributed by atoms with Crippen molar-refractivity contribution in [3.63, 3.8) is 0 Å². The molecule has 2 amide bonds. The van der Waals surface area contributed by atoms with Crippen molar-refractivity contribution in [3.05, 3.63) is 23.7 Å². The van der Waals surface area contributed by atoms with E-state index in [1.165, 1.54) is 0 Å². The van der Waals surface area contributed by atoms with Crippen molar-refractivity contribution in [1.82, 2.24) is 10.6 Å². The maximum Gasteiger partial charge on any atom is 0.287 e. The van der Waals surface area contributed by atoms with Gasteiger partial charge in [-0.1, -0.05) is 6.92 Å². The van der Waals surface area contributed by atoms with Crippen LogP contribution in [0.25, 0.3) is 0 Å². The molecule has 92 valence electrons. The highest BCUT2D eigenvalue weighted by molar-refractivity contribution is 5.91. The van der Waals surface area contributed by atoms with Crippen molar-refractivity contribution in [2.75, 3.05) is 6.54 Å². The lowest BCUT2D eigenvalue weighted by atomic mass is 10.1. The Balaban J connectivity index is 1.90. The molecule has 5 heteroatoms. The van der Waals surface area contributed by atoms with E-state index >= 15 is 0 Å². The minimum Gasteiger partial charge on any atom is -0.456 e. The number of hydrogen-bond acceptors (Lipinski definition) is 3. The molecule has 0 bridgehead atoms. The van der Waals surface area contributed by atoms with Crippen LogP contribution in [-0.2, 0) is 11.2 Å². The lowest BCUT2D eigenvalue weighted by Gasteiger charge is -2.22. The summed E-state index contributed by atoms with van der Waals surface area (Å²) in [5, 5.41) is 5.57. The summed E-state index contributed by atoms with van der Waals surface area (Å²) in [6, 6.07) is 3.48. The van der Waals surface area contributed by atoms with Crippen LogP contribution in [-0.4, -0.2) is 24.4 Å². The Morgan fingerprint density at radius 3 is 3.00 bits per heavy atom. The number of rotatable bonds is 3. The smallest absolute Gasteiger partial charge is 0.287 e. The molecule has 1 aliphatic heterocycles. The predicted molar refractivity (Wildman–Crippen MR) is 61.6 cm³/mol. The summed E-state index contributed by atoms with van der Waals surface area (Å²) in [5.74, 6) is 0.957. The average Bonchev–Trinajstić information content (AvgIpc) is 2.81. The molecule has 1 fully saturated rings. The van der Waals surface area contributed by atoms with Gasteiger partial charge in [0.15, 0.2) is 5.76 Å². The lowest BCUT2D eigenvalue weighted by molar-refractivity contribution is -0.122. The molecule has 1 atom stereocenters. The molecule has 2 N–H and O–H groups in total. The Kier molecular flexibility index (Phi) is 3.46. The van der Waals surface area contributed by atoms with Crippen LogP contribution in [0.15, 0.2) is 16.5 Å². The monoisotopic (exact) mass is 236 g/mol. The first kappa shape index (κ1) is 11.7. The van der Waals surface area contributed by atoms with Gasteiger partial charge in [0.25, 0.3) is 5.91 Å². The molecule has 2 heterocycles. The lowest BCUT2D eigenvalue weighted by Crippen LogP contribution is -2.47. The van der Waals surface area contributed by atoms with E-state index in [4.69, 9.17) is 4.42 Å². The van der Waals surface area contributed by atoms with E-state index < -0.39 is 0 Å². The molecule has 0 spiro atoms. The fourth-order valence-corrected chi connectivity index (χ4v) is 1.80. The molecule has 1 aromatic heterocycles. The zero-order chi connectivity index (χ0) is 12.3. The number of aryl methyl sites for hydroxylation is 1. The summed E-state index contributed by atoms with van der Waals surface area (Å²) in [6.07, 6.45) is 1.91. The van der Waals surface area contributed by atoms with Gasteiger partial charge in [0, 0.05) is 25.4 Å². The largest absolute Gasteiger partial charge is 0.456 e. The van der Waals surface area contributed by atoms with Gasteiger partial charge in [0.05, 0.1) is 0 Å². The molecule has 2 rings (SSSR count). The number of nitrogens with one attached hydrogen (secondary N) is 2. The highest BCUT2D eigenvalue weighted by Crippen LogP contribution is 2.10. The third kappa shape index (κ3) is 2.87. The first-order valence-electron chi connectivity index (χ1n) is 5.85. The van der Waals surface area contributed by atoms with E-state index in [1.807, 2.05) is 6.92 Å². The standard InChI is InChI=1S/C12H16N2O3/c1-2-9-4-5-10(17-9)12(16)14-8-3-6-11(15)13-7-8/h4-5,8H,2-3,6-7H2,1H3,(H,13,15)(H,14,16). The Morgan fingerprint density at radius 2 is 2.41 bits per heavy atom. The highest BCUT2D eigenvalue weighted by Gasteiger charge is 2.21. The normalized spacial score (nSPS) is 19.8. The number of carbonyl (C=O) groups excluding carboxylic acids is 2. The molecule has 0 saturated carbocycles. The van der Waals surface area contributed by atoms with Gasteiger partial charge in [-0.3, -0.25) is 9.59 Å². The second-order valence-electron chi connectivity index (χ2n) is 4.13. The zero-order valence-electron chi connectivity index (χ0n) is 9.79. The van der Waals surface area contributed by atoms with E-state index in [2.05, 4.69) is 10.6 Å². The zero-order valence-corrected chi connectivity index (χ0v) is 9.79. The van der Waals surface area contributed by atoms with Crippen molar-refractivity contribution < 1.29 is 14.0 Å². The van der Waals surface area contributed by atoms with Gasteiger partial charge < -0.3 is 15.1 Å². The minimum absolute atomic E-state index is 0.00428. The van der Waals surface area contributed by atoms with Crippen molar-refractivity contribution in [1.29, 1.82) is 0 Å². The number of furan rings is 1. The predicted octanol–water partition coefficient (Wildman–Crippen LogP) is 0.850. The van der Waals surface area contributed by atoms with E-state index in [0.717, 1.165) is 12.2 Å². The van der Waals surface area contributed by atoms with Crippen molar-refractivity contribution in [2.24, 2.45) is 0 Å². The number of amides is 2. The maximum absolute atomic E-state index is 11.8. The summed E-state index contributed by atoms with van der Waals surface area (Å²) in [4.78, 5) is 22.8. The van der Waals surface area contributed by atoms with Gasteiger partial charge in [-0.2, -0.15) is 0 Å². The van der Waals surface area contributed by atoms with Gasteiger partial charge in [0.2, 0.25) is 5.91 Å². The van der Waals surface area contributed by atoms with E-state index in [1.54, 1.807) is 12.1 Å². The van der Waals surface area contributed by atoms with Crippen LogP contribution in [0.1, 0.15) is 36.1 Å². The molecule has 17 heavy (non-hydrogen) atoms. The first-order valence-corrected chi connectivity index (χ1v) is 5.85. The SMILES string of the molecule is CCc1ccc(C(=O)NC2CCC(=O)NC2)o1. The van der Waals surface area contributed by atoms with Crippen molar-refractivity contribution >= 4 is 11.8 Å². The van der Waals surface area contributed by atoms with Crippen LogP contribution in [0, 0.1) is 0 Å². The minimum atomic E-state index is -0.217. The topological polar surface area (TPSA) is 71.3 Å². The molecular weight excluding hydrogens is 220 g/mol. The van der Waals surface area contributed by atoms with Crippen molar-refractivity contribution in [2.45, 2.75) is 32.2 Å². The maximum atomic E-state index is 11.8. The Morgan fingerprint density at radius 1 is 1.59 bits per heavy atom. The fourth-order valence-electron chi connectivity index (χ4n) is 1.80. The molecular formula is C12H16N2O3. The van der Waals surface area contributed by atoms with Crippen LogP contribution in [0.4, 0.5) is 0 Å². The molecule has 1 saturated heterocycles. The summed E-state index contributed by atoms with van der Waals surface area (Å²) in [5.41, 5.74) is 0. The van der Waals surface area contributed by atoms with Crippen LogP contribution in [0.3, 0.4) is 0 Å². The highest BCUT2D eigenvalue weighted by atomic mass is 16.3. The number of piperidine rings is 1. The summed E-state index contributed by atoms with van der Waals surface area (Å²) in [6.45, 7) is 2.46. The second-order valence-corrected chi connectivity index (χ2v) is 4.13. The molecule has 1 aliphatic rings. The summed E-state index contributed by atoms with van der Waals surface area (Å²) in [7, 11) is 0. The number of hydrogen-bond donors (Lipinski definition) is 2. The molecule has 0 aliphatic carbocycles. The van der Waals surface area contributed by atoms with E-state index in [9.17, 15) is 9.59 Å². The molecule has 0 aromatic carbocycles. The quantitative estimate of drug-likeness (QED) is 0.817. The Hall–Kier alpha value is -1.78.